The molecule has 4 saturated carbocycles. The first-order valence-electron chi connectivity index (χ1n) is 9.46. The molecule has 0 radical (unpaired) electrons. The minimum Gasteiger partial charge on any atom is -0.420 e. The second-order valence-corrected chi connectivity index (χ2v) is 8.91. The highest BCUT2D eigenvalue weighted by Crippen LogP contribution is 2.64. The first-order valence-corrected chi connectivity index (χ1v) is 9.84. The largest absolute Gasteiger partial charge is 0.420 e. The van der Waals surface area contributed by atoms with E-state index in [9.17, 15) is 0 Å². The SMILES string of the molecule is Clc1ncn(C23CC4CC(CC(c5nnc(-c6ccncc6)o5)(C4)C2)C3)n1. The summed E-state index contributed by atoms with van der Waals surface area (Å²) in [6.45, 7) is 0. The molecule has 0 saturated heterocycles. The number of nitrogens with zero attached hydrogens (tertiary/aromatic N) is 6. The molecule has 27 heavy (non-hydrogen) atoms. The van der Waals surface area contributed by atoms with Gasteiger partial charge in [-0.3, -0.25) is 4.98 Å². The van der Waals surface area contributed by atoms with Crippen molar-refractivity contribution in [3.63, 3.8) is 0 Å². The first-order chi connectivity index (χ1) is 13.1. The van der Waals surface area contributed by atoms with Crippen LogP contribution in [0.2, 0.25) is 5.28 Å². The van der Waals surface area contributed by atoms with Gasteiger partial charge in [-0.05, 0) is 74.1 Å². The van der Waals surface area contributed by atoms with Gasteiger partial charge in [-0.2, -0.15) is 0 Å². The van der Waals surface area contributed by atoms with Crippen molar-refractivity contribution in [3.05, 3.63) is 42.0 Å². The van der Waals surface area contributed by atoms with Crippen LogP contribution in [0.5, 0.6) is 0 Å². The molecule has 0 amide bonds. The second kappa shape index (κ2) is 5.38. The van der Waals surface area contributed by atoms with Crippen molar-refractivity contribution in [3.8, 4) is 11.5 Å². The van der Waals surface area contributed by atoms with Crippen molar-refractivity contribution in [1.29, 1.82) is 0 Å². The van der Waals surface area contributed by atoms with E-state index < -0.39 is 0 Å². The standard InChI is InChI=1S/C19H19ClN6O/c20-17-22-11-26(25-17)19-8-12-5-13(9-19)7-18(6-12,10-19)16-24-23-15(27-16)14-1-3-21-4-2-14/h1-4,11-13H,5-10H2. The molecule has 4 bridgehead atoms. The molecular formula is C19H19ClN6O. The molecule has 2 unspecified atom stereocenters. The Bertz CT molecular complexity index is 985. The van der Waals surface area contributed by atoms with Gasteiger partial charge in [0.15, 0.2) is 0 Å². The lowest BCUT2D eigenvalue weighted by atomic mass is 9.47. The fraction of sp³-hybridized carbons (Fsp3) is 0.526. The van der Waals surface area contributed by atoms with Gasteiger partial charge in [0, 0.05) is 18.0 Å². The molecule has 8 heteroatoms. The zero-order valence-electron chi connectivity index (χ0n) is 14.8. The zero-order valence-corrected chi connectivity index (χ0v) is 15.5. The van der Waals surface area contributed by atoms with E-state index in [1.165, 1.54) is 6.42 Å². The molecule has 3 aromatic rings. The van der Waals surface area contributed by atoms with Crippen LogP contribution in [-0.4, -0.2) is 29.9 Å². The summed E-state index contributed by atoms with van der Waals surface area (Å²) in [6, 6.07) is 3.80. The van der Waals surface area contributed by atoms with Crippen LogP contribution in [0.15, 0.2) is 35.3 Å². The Hall–Kier alpha value is -2.28. The third-order valence-electron chi connectivity index (χ3n) is 6.79. The first kappa shape index (κ1) is 15.7. The Morgan fingerprint density at radius 3 is 2.56 bits per heavy atom. The van der Waals surface area contributed by atoms with E-state index in [0.29, 0.717) is 23.0 Å². The number of hydrogen-bond acceptors (Lipinski definition) is 6. The van der Waals surface area contributed by atoms with Gasteiger partial charge in [0.25, 0.3) is 0 Å². The lowest BCUT2D eigenvalue weighted by molar-refractivity contribution is -0.0772. The van der Waals surface area contributed by atoms with Crippen LogP contribution in [0.4, 0.5) is 0 Å². The van der Waals surface area contributed by atoms with Gasteiger partial charge in [-0.15, -0.1) is 15.3 Å². The van der Waals surface area contributed by atoms with Gasteiger partial charge in [0.1, 0.15) is 6.33 Å². The molecule has 2 atom stereocenters. The number of hydrogen-bond donors (Lipinski definition) is 0. The van der Waals surface area contributed by atoms with Gasteiger partial charge in [-0.25, -0.2) is 9.67 Å². The highest BCUT2D eigenvalue weighted by atomic mass is 35.5. The van der Waals surface area contributed by atoms with Gasteiger partial charge >= 0.3 is 0 Å². The summed E-state index contributed by atoms with van der Waals surface area (Å²) in [7, 11) is 0. The van der Waals surface area contributed by atoms with Crippen molar-refractivity contribution >= 4 is 11.6 Å². The predicted octanol–water partition coefficient (Wildman–Crippen LogP) is 3.62. The molecule has 3 aromatic heterocycles. The van der Waals surface area contributed by atoms with Crippen LogP contribution in [-0.2, 0) is 11.0 Å². The molecular weight excluding hydrogens is 364 g/mol. The quantitative estimate of drug-likeness (QED) is 0.688. The lowest BCUT2D eigenvalue weighted by Crippen LogP contribution is -2.58. The summed E-state index contributed by atoms with van der Waals surface area (Å²) < 4.78 is 8.23. The van der Waals surface area contributed by atoms with E-state index in [4.69, 9.17) is 16.0 Å². The molecule has 0 N–H and O–H groups in total. The number of halogens is 1. The molecule has 4 fully saturated rings. The Labute approximate surface area is 161 Å². The van der Waals surface area contributed by atoms with Crippen molar-refractivity contribution < 1.29 is 4.42 Å². The molecule has 138 valence electrons. The summed E-state index contributed by atoms with van der Waals surface area (Å²) in [5.74, 6) is 2.66. The maximum absolute atomic E-state index is 6.22. The highest BCUT2D eigenvalue weighted by molar-refractivity contribution is 6.28. The van der Waals surface area contributed by atoms with Crippen LogP contribution < -0.4 is 0 Å². The Morgan fingerprint density at radius 2 is 1.85 bits per heavy atom. The Morgan fingerprint density at radius 1 is 1.07 bits per heavy atom. The molecule has 4 aliphatic carbocycles. The molecule has 4 aliphatic rings. The van der Waals surface area contributed by atoms with Crippen LogP contribution in [0, 0.1) is 11.8 Å². The summed E-state index contributed by atoms with van der Waals surface area (Å²) in [5, 5.41) is 13.6. The van der Waals surface area contributed by atoms with Gasteiger partial charge in [0.05, 0.1) is 11.0 Å². The summed E-state index contributed by atoms with van der Waals surface area (Å²) in [4.78, 5) is 8.23. The van der Waals surface area contributed by atoms with Gasteiger partial charge in [0.2, 0.25) is 17.1 Å². The van der Waals surface area contributed by atoms with Crippen LogP contribution in [0.25, 0.3) is 11.5 Å². The second-order valence-electron chi connectivity index (χ2n) is 8.57. The topological polar surface area (TPSA) is 82.5 Å². The average molecular weight is 383 g/mol. The van der Waals surface area contributed by atoms with Gasteiger partial charge in [-0.1, -0.05) is 0 Å². The predicted molar refractivity (Wildman–Crippen MR) is 96.9 cm³/mol. The molecule has 0 spiro atoms. The fourth-order valence-electron chi connectivity index (χ4n) is 6.25. The van der Waals surface area contributed by atoms with Crippen LogP contribution in [0.1, 0.15) is 44.4 Å². The maximum atomic E-state index is 6.22. The molecule has 0 aromatic carbocycles. The van der Waals surface area contributed by atoms with Crippen LogP contribution in [0.3, 0.4) is 0 Å². The minimum atomic E-state index is -0.0687. The maximum Gasteiger partial charge on any atom is 0.247 e. The highest BCUT2D eigenvalue weighted by Gasteiger charge is 2.61. The summed E-state index contributed by atoms with van der Waals surface area (Å²) >= 11 is 6.03. The van der Waals surface area contributed by atoms with Crippen molar-refractivity contribution in [2.75, 3.05) is 0 Å². The minimum absolute atomic E-state index is 0.0322. The van der Waals surface area contributed by atoms with E-state index in [2.05, 4.69) is 25.3 Å². The number of aromatic nitrogens is 6. The Balaban J connectivity index is 1.41. The molecule has 3 heterocycles. The molecule has 7 rings (SSSR count). The van der Waals surface area contributed by atoms with Crippen molar-refractivity contribution in [1.82, 2.24) is 29.9 Å². The molecule has 7 nitrogen and oxygen atoms in total. The number of pyridine rings is 1. The third-order valence-corrected chi connectivity index (χ3v) is 6.96. The molecule has 0 aliphatic heterocycles. The van der Waals surface area contributed by atoms with Crippen LogP contribution >= 0.6 is 11.6 Å². The average Bonchev–Trinajstić information content (AvgIpc) is 3.31. The monoisotopic (exact) mass is 382 g/mol. The lowest BCUT2D eigenvalue weighted by Gasteiger charge is -2.60. The summed E-state index contributed by atoms with van der Waals surface area (Å²) in [5.41, 5.74) is 0.808. The zero-order chi connectivity index (χ0) is 18.1. The summed E-state index contributed by atoms with van der Waals surface area (Å²) in [6.07, 6.45) is 12.0. The van der Waals surface area contributed by atoms with Gasteiger partial charge < -0.3 is 4.42 Å². The Kier molecular flexibility index (Phi) is 3.14. The smallest absolute Gasteiger partial charge is 0.247 e. The van der Waals surface area contributed by atoms with Crippen molar-refractivity contribution in [2.45, 2.75) is 49.5 Å². The van der Waals surface area contributed by atoms with E-state index >= 15 is 0 Å². The number of rotatable bonds is 3. The third kappa shape index (κ3) is 2.30. The van der Waals surface area contributed by atoms with E-state index in [1.807, 2.05) is 16.8 Å². The van der Waals surface area contributed by atoms with E-state index in [1.54, 1.807) is 18.7 Å². The van der Waals surface area contributed by atoms with E-state index in [-0.39, 0.29) is 11.0 Å². The fourth-order valence-corrected chi connectivity index (χ4v) is 6.38. The van der Waals surface area contributed by atoms with Crippen molar-refractivity contribution in [2.24, 2.45) is 11.8 Å². The normalized spacial score (nSPS) is 34.3. The van der Waals surface area contributed by atoms with E-state index in [0.717, 1.165) is 43.6 Å².